The fourth-order valence-corrected chi connectivity index (χ4v) is 2.76. The highest BCUT2D eigenvalue weighted by molar-refractivity contribution is 5.42. The third-order valence-electron chi connectivity index (χ3n) is 4.44. The maximum atomic E-state index is 5.87. The van der Waals surface area contributed by atoms with Crippen LogP contribution in [0.5, 0.6) is 11.5 Å². The molecule has 2 aromatic rings. The molecular weight excluding hydrogens is 290 g/mol. The van der Waals surface area contributed by atoms with E-state index in [1.54, 1.807) is 7.11 Å². The molecular formula is C18H23N3O2. The van der Waals surface area contributed by atoms with Gasteiger partial charge >= 0.3 is 0 Å². The molecule has 1 N–H and O–H groups in total. The van der Waals surface area contributed by atoms with Crippen LogP contribution in [0.3, 0.4) is 0 Å². The summed E-state index contributed by atoms with van der Waals surface area (Å²) in [4.78, 5) is 9.01. The Kier molecular flexibility index (Phi) is 4.37. The van der Waals surface area contributed by atoms with E-state index in [9.17, 15) is 0 Å². The maximum Gasteiger partial charge on any atom is 0.223 e. The molecule has 5 nitrogen and oxygen atoms in total. The van der Waals surface area contributed by atoms with Crippen LogP contribution in [0.4, 0.5) is 5.95 Å². The molecule has 0 spiro atoms. The number of ether oxygens (including phenoxy) is 2. The van der Waals surface area contributed by atoms with Gasteiger partial charge in [0.25, 0.3) is 0 Å². The molecule has 0 amide bonds. The number of hydrogen-bond donors (Lipinski definition) is 1. The van der Waals surface area contributed by atoms with E-state index in [1.807, 2.05) is 26.0 Å². The first-order chi connectivity index (χ1) is 11.1. The molecule has 1 aromatic heterocycles. The van der Waals surface area contributed by atoms with Crippen molar-refractivity contribution in [2.45, 2.75) is 27.2 Å². The van der Waals surface area contributed by atoms with Crippen LogP contribution in [0.2, 0.25) is 0 Å². The van der Waals surface area contributed by atoms with Gasteiger partial charge in [-0.15, -0.1) is 0 Å². The van der Waals surface area contributed by atoms with E-state index < -0.39 is 0 Å². The van der Waals surface area contributed by atoms with Crippen molar-refractivity contribution >= 4 is 5.95 Å². The summed E-state index contributed by atoms with van der Waals surface area (Å²) >= 11 is 0. The van der Waals surface area contributed by atoms with Crippen molar-refractivity contribution in [2.75, 3.05) is 25.6 Å². The van der Waals surface area contributed by atoms with E-state index in [-0.39, 0.29) is 0 Å². The molecule has 122 valence electrons. The number of fused-ring (bicyclic) bond motifs is 1. The summed E-state index contributed by atoms with van der Waals surface area (Å²) in [6, 6.07) is 6.01. The lowest BCUT2D eigenvalue weighted by atomic mass is 9.96. The van der Waals surface area contributed by atoms with Crippen molar-refractivity contribution in [1.82, 2.24) is 9.97 Å². The molecule has 5 heteroatoms. The third-order valence-corrected chi connectivity index (χ3v) is 4.44. The molecule has 0 fully saturated rings. The summed E-state index contributed by atoms with van der Waals surface area (Å²) in [6.45, 7) is 7.57. The molecule has 23 heavy (non-hydrogen) atoms. The standard InChI is InChI=1S/C18H23N3O2/c1-11-12(2)20-18(21-13(11)3)19-9-14-7-15-5-6-16(22-4)8-17(15)23-10-14/h5-6,8,14H,7,9-10H2,1-4H3,(H,19,20,21). The number of nitrogens with zero attached hydrogens (tertiary/aromatic N) is 2. The molecule has 0 saturated carbocycles. The first-order valence-electron chi connectivity index (χ1n) is 7.92. The third kappa shape index (κ3) is 3.38. The van der Waals surface area contributed by atoms with Gasteiger partial charge in [-0.2, -0.15) is 0 Å². The minimum atomic E-state index is 0.404. The number of methoxy groups -OCH3 is 1. The van der Waals surface area contributed by atoms with E-state index >= 15 is 0 Å². The molecule has 0 aliphatic carbocycles. The monoisotopic (exact) mass is 313 g/mol. The van der Waals surface area contributed by atoms with Gasteiger partial charge in [-0.1, -0.05) is 6.07 Å². The van der Waals surface area contributed by atoms with E-state index in [4.69, 9.17) is 9.47 Å². The van der Waals surface area contributed by atoms with E-state index in [0.717, 1.165) is 41.4 Å². The van der Waals surface area contributed by atoms with Gasteiger partial charge in [-0.25, -0.2) is 9.97 Å². The SMILES string of the molecule is COc1ccc2c(c1)OCC(CNc1nc(C)c(C)c(C)n1)C2. The van der Waals surface area contributed by atoms with Gasteiger partial charge in [-0.05, 0) is 44.4 Å². The van der Waals surface area contributed by atoms with Crippen LogP contribution in [0, 0.1) is 26.7 Å². The average Bonchev–Trinajstić information content (AvgIpc) is 2.57. The van der Waals surface area contributed by atoms with Gasteiger partial charge in [0.05, 0.1) is 13.7 Å². The van der Waals surface area contributed by atoms with Crippen molar-refractivity contribution in [3.63, 3.8) is 0 Å². The van der Waals surface area contributed by atoms with Gasteiger partial charge < -0.3 is 14.8 Å². The molecule has 1 atom stereocenters. The summed E-state index contributed by atoms with van der Waals surface area (Å²) in [5.74, 6) is 2.87. The quantitative estimate of drug-likeness (QED) is 0.940. The fraction of sp³-hybridized carbons (Fsp3) is 0.444. The number of anilines is 1. The smallest absolute Gasteiger partial charge is 0.223 e. The maximum absolute atomic E-state index is 5.87. The second kappa shape index (κ2) is 6.44. The second-order valence-electron chi connectivity index (χ2n) is 6.08. The minimum absolute atomic E-state index is 0.404. The van der Waals surface area contributed by atoms with Gasteiger partial charge in [0.2, 0.25) is 5.95 Å². The van der Waals surface area contributed by atoms with Crippen LogP contribution < -0.4 is 14.8 Å². The summed E-state index contributed by atoms with van der Waals surface area (Å²) in [6.07, 6.45) is 0.982. The Labute approximate surface area is 137 Å². The lowest BCUT2D eigenvalue weighted by Gasteiger charge is -2.26. The van der Waals surface area contributed by atoms with Crippen molar-refractivity contribution in [3.8, 4) is 11.5 Å². The summed E-state index contributed by atoms with van der Waals surface area (Å²) < 4.78 is 11.1. The molecule has 3 rings (SSSR count). The molecule has 1 aliphatic heterocycles. The highest BCUT2D eigenvalue weighted by atomic mass is 16.5. The highest BCUT2D eigenvalue weighted by Crippen LogP contribution is 2.31. The predicted molar refractivity (Wildman–Crippen MR) is 90.4 cm³/mol. The number of benzene rings is 1. The van der Waals surface area contributed by atoms with Crippen molar-refractivity contribution in [2.24, 2.45) is 5.92 Å². The van der Waals surface area contributed by atoms with Crippen LogP contribution in [-0.2, 0) is 6.42 Å². The molecule has 0 bridgehead atoms. The van der Waals surface area contributed by atoms with Crippen LogP contribution >= 0.6 is 0 Å². The first kappa shape index (κ1) is 15.6. The second-order valence-corrected chi connectivity index (χ2v) is 6.08. The van der Waals surface area contributed by atoms with Crippen LogP contribution in [0.25, 0.3) is 0 Å². The molecule has 2 heterocycles. The Morgan fingerprint density at radius 2 is 1.96 bits per heavy atom. The van der Waals surface area contributed by atoms with Gasteiger partial charge in [-0.3, -0.25) is 0 Å². The van der Waals surface area contributed by atoms with Crippen LogP contribution in [-0.4, -0.2) is 30.2 Å². The van der Waals surface area contributed by atoms with E-state index in [1.165, 1.54) is 5.56 Å². The Morgan fingerprint density at radius 1 is 1.22 bits per heavy atom. The molecule has 1 aromatic carbocycles. The first-order valence-corrected chi connectivity index (χ1v) is 7.92. The summed E-state index contributed by atoms with van der Waals surface area (Å²) in [5.41, 5.74) is 4.43. The van der Waals surface area contributed by atoms with Gasteiger partial charge in [0, 0.05) is 29.9 Å². The Balaban J connectivity index is 1.64. The van der Waals surface area contributed by atoms with E-state index in [2.05, 4.69) is 28.3 Å². The van der Waals surface area contributed by atoms with Crippen molar-refractivity contribution in [3.05, 3.63) is 40.7 Å². The zero-order valence-electron chi connectivity index (χ0n) is 14.1. The fourth-order valence-electron chi connectivity index (χ4n) is 2.76. The van der Waals surface area contributed by atoms with Crippen LogP contribution in [0.1, 0.15) is 22.5 Å². The Bertz CT molecular complexity index is 692. The largest absolute Gasteiger partial charge is 0.497 e. The minimum Gasteiger partial charge on any atom is -0.497 e. The Morgan fingerprint density at radius 3 is 2.65 bits per heavy atom. The number of rotatable bonds is 4. The lowest BCUT2D eigenvalue weighted by Crippen LogP contribution is -2.28. The number of aromatic nitrogens is 2. The molecule has 1 aliphatic rings. The van der Waals surface area contributed by atoms with Crippen LogP contribution in [0.15, 0.2) is 18.2 Å². The average molecular weight is 313 g/mol. The topological polar surface area (TPSA) is 56.3 Å². The zero-order valence-corrected chi connectivity index (χ0v) is 14.1. The summed E-state index contributed by atoms with van der Waals surface area (Å²) in [5, 5.41) is 3.35. The summed E-state index contributed by atoms with van der Waals surface area (Å²) in [7, 11) is 1.67. The van der Waals surface area contributed by atoms with Crippen molar-refractivity contribution in [1.29, 1.82) is 0 Å². The lowest BCUT2D eigenvalue weighted by molar-refractivity contribution is 0.228. The van der Waals surface area contributed by atoms with Crippen molar-refractivity contribution < 1.29 is 9.47 Å². The molecule has 0 saturated heterocycles. The molecule has 0 radical (unpaired) electrons. The van der Waals surface area contributed by atoms with E-state index in [0.29, 0.717) is 18.5 Å². The Hall–Kier alpha value is -2.30. The zero-order chi connectivity index (χ0) is 16.4. The van der Waals surface area contributed by atoms with Gasteiger partial charge in [0.15, 0.2) is 0 Å². The normalized spacial score (nSPS) is 16.4. The number of aryl methyl sites for hydroxylation is 2. The number of nitrogens with one attached hydrogen (secondary N) is 1. The number of hydrogen-bond acceptors (Lipinski definition) is 5. The highest BCUT2D eigenvalue weighted by Gasteiger charge is 2.20. The molecule has 1 unspecified atom stereocenters. The predicted octanol–water partition coefficient (Wildman–Crippen LogP) is 3.07. The van der Waals surface area contributed by atoms with Gasteiger partial charge in [0.1, 0.15) is 11.5 Å².